The van der Waals surface area contributed by atoms with Crippen LogP contribution in [0.5, 0.6) is 0 Å². The molecule has 0 saturated carbocycles. The normalized spacial score (nSPS) is 11.0. The fraction of sp³-hybridized carbons (Fsp3) is 0.286. The van der Waals surface area contributed by atoms with Gasteiger partial charge in [-0.1, -0.05) is 25.6 Å². The maximum Gasteiger partial charge on any atom is 0.313 e. The van der Waals surface area contributed by atoms with Gasteiger partial charge in [0.15, 0.2) is 0 Å². The molecule has 0 radical (unpaired) electrons. The Bertz CT molecular complexity index is 608. The van der Waals surface area contributed by atoms with Crippen LogP contribution in [0.2, 0.25) is 0 Å². The second-order valence-corrected chi connectivity index (χ2v) is 5.63. The minimum atomic E-state index is -0.882. The molecule has 106 valence electrons. The number of benzene rings is 1. The van der Waals surface area contributed by atoms with Crippen molar-refractivity contribution < 1.29 is 14.3 Å². The average molecular weight is 294 g/mol. The average Bonchev–Trinajstić information content (AvgIpc) is 2.81. The molecular weight excluding hydrogens is 279 g/mol. The van der Waals surface area contributed by atoms with Crippen LogP contribution >= 0.6 is 11.8 Å². The molecule has 0 fully saturated rings. The van der Waals surface area contributed by atoms with Crippen LogP contribution in [0.4, 0.5) is 4.39 Å². The number of hydrogen-bond acceptors (Lipinski definition) is 3. The quantitative estimate of drug-likeness (QED) is 0.860. The minimum Gasteiger partial charge on any atom is -0.481 e. The zero-order chi connectivity index (χ0) is 14.7. The van der Waals surface area contributed by atoms with E-state index in [1.54, 1.807) is 16.8 Å². The predicted octanol–water partition coefficient (Wildman–Crippen LogP) is 3.31. The van der Waals surface area contributed by atoms with Crippen molar-refractivity contribution in [2.75, 3.05) is 5.75 Å². The van der Waals surface area contributed by atoms with Crippen LogP contribution in [0.3, 0.4) is 0 Å². The first-order valence-electron chi connectivity index (χ1n) is 6.18. The summed E-state index contributed by atoms with van der Waals surface area (Å²) >= 11 is 1.20. The summed E-state index contributed by atoms with van der Waals surface area (Å²) in [6, 6.07) is 7.84. The van der Waals surface area contributed by atoms with Crippen LogP contribution in [0, 0.1) is 5.82 Å². The second kappa shape index (κ2) is 6.09. The van der Waals surface area contributed by atoms with Crippen molar-refractivity contribution in [2.45, 2.75) is 24.8 Å². The number of carbonyl (C=O) groups is 1. The molecule has 0 aliphatic carbocycles. The molecule has 4 nitrogen and oxygen atoms in total. The highest BCUT2D eigenvalue weighted by Gasteiger charge is 2.13. The van der Waals surface area contributed by atoms with E-state index in [-0.39, 0.29) is 17.5 Å². The molecule has 0 spiro atoms. The Morgan fingerprint density at radius 1 is 1.40 bits per heavy atom. The summed E-state index contributed by atoms with van der Waals surface area (Å²) in [4.78, 5) is 10.7. The number of carboxylic acids is 1. The Morgan fingerprint density at radius 2 is 2.05 bits per heavy atom. The molecule has 6 heteroatoms. The van der Waals surface area contributed by atoms with E-state index >= 15 is 0 Å². The molecule has 2 aromatic rings. The number of carboxylic acid groups (broad SMARTS) is 1. The monoisotopic (exact) mass is 294 g/mol. The molecule has 20 heavy (non-hydrogen) atoms. The van der Waals surface area contributed by atoms with Crippen molar-refractivity contribution >= 4 is 17.7 Å². The number of halogens is 1. The Labute approximate surface area is 120 Å². The summed E-state index contributed by atoms with van der Waals surface area (Å²) in [5.74, 6) is -0.997. The van der Waals surface area contributed by atoms with Gasteiger partial charge in [0.25, 0.3) is 0 Å². The lowest BCUT2D eigenvalue weighted by Crippen LogP contribution is -2.02. The molecule has 1 heterocycles. The highest BCUT2D eigenvalue weighted by atomic mass is 32.2. The molecule has 0 unspecified atom stereocenters. The molecule has 0 amide bonds. The standard InChI is InChI=1S/C14H15FN2O2S/c1-9(2)12-7-13(20-8-14(18)19)17(16-12)11-5-3-10(15)4-6-11/h3-7,9H,8H2,1-2H3,(H,18,19). The molecule has 0 saturated heterocycles. The van der Waals surface area contributed by atoms with Gasteiger partial charge in [0.05, 0.1) is 17.1 Å². The van der Waals surface area contributed by atoms with E-state index in [9.17, 15) is 9.18 Å². The molecule has 0 aliphatic heterocycles. The van der Waals surface area contributed by atoms with Gasteiger partial charge in [-0.15, -0.1) is 0 Å². The van der Waals surface area contributed by atoms with Crippen molar-refractivity contribution in [3.05, 3.63) is 41.8 Å². The van der Waals surface area contributed by atoms with E-state index in [1.807, 2.05) is 19.9 Å². The summed E-state index contributed by atoms with van der Waals surface area (Å²) in [5, 5.41) is 14.0. The van der Waals surface area contributed by atoms with Gasteiger partial charge in [0, 0.05) is 0 Å². The number of thioether (sulfide) groups is 1. The summed E-state index contributed by atoms with van der Waals surface area (Å²) in [6.07, 6.45) is 0. The predicted molar refractivity (Wildman–Crippen MR) is 76.0 cm³/mol. The molecule has 0 atom stereocenters. The summed E-state index contributed by atoms with van der Waals surface area (Å²) in [7, 11) is 0. The maximum absolute atomic E-state index is 13.0. The summed E-state index contributed by atoms with van der Waals surface area (Å²) < 4.78 is 14.6. The van der Waals surface area contributed by atoms with Crippen LogP contribution < -0.4 is 0 Å². The number of rotatable bonds is 5. The van der Waals surface area contributed by atoms with Crippen molar-refractivity contribution in [2.24, 2.45) is 0 Å². The smallest absolute Gasteiger partial charge is 0.313 e. The van der Waals surface area contributed by atoms with Gasteiger partial charge in [-0.05, 0) is 36.2 Å². The van der Waals surface area contributed by atoms with Crippen LogP contribution in [0.1, 0.15) is 25.5 Å². The lowest BCUT2D eigenvalue weighted by molar-refractivity contribution is -0.133. The first kappa shape index (κ1) is 14.6. The van der Waals surface area contributed by atoms with E-state index in [0.29, 0.717) is 5.69 Å². The first-order chi connectivity index (χ1) is 9.47. The van der Waals surface area contributed by atoms with Crippen molar-refractivity contribution in [3.8, 4) is 5.69 Å². The third-order valence-electron chi connectivity index (χ3n) is 2.70. The lowest BCUT2D eigenvalue weighted by Gasteiger charge is -2.06. The zero-order valence-electron chi connectivity index (χ0n) is 11.2. The Balaban J connectivity index is 2.38. The van der Waals surface area contributed by atoms with Crippen LogP contribution in [0.25, 0.3) is 5.69 Å². The van der Waals surface area contributed by atoms with Gasteiger partial charge in [-0.25, -0.2) is 9.07 Å². The van der Waals surface area contributed by atoms with Crippen LogP contribution in [0.15, 0.2) is 35.4 Å². The van der Waals surface area contributed by atoms with Gasteiger partial charge in [-0.2, -0.15) is 5.10 Å². The van der Waals surface area contributed by atoms with Crippen LogP contribution in [-0.2, 0) is 4.79 Å². The fourth-order valence-corrected chi connectivity index (χ4v) is 2.41. The van der Waals surface area contributed by atoms with E-state index in [0.717, 1.165) is 10.7 Å². The lowest BCUT2D eigenvalue weighted by atomic mass is 10.1. The first-order valence-corrected chi connectivity index (χ1v) is 7.16. The number of nitrogens with zero attached hydrogens (tertiary/aromatic N) is 2. The van der Waals surface area contributed by atoms with E-state index in [2.05, 4.69) is 5.10 Å². The second-order valence-electron chi connectivity index (χ2n) is 4.63. The van der Waals surface area contributed by atoms with E-state index in [1.165, 1.54) is 23.9 Å². The highest BCUT2D eigenvalue weighted by molar-refractivity contribution is 7.99. The zero-order valence-corrected chi connectivity index (χ0v) is 12.0. The third kappa shape index (κ3) is 3.39. The fourth-order valence-electron chi connectivity index (χ4n) is 1.67. The van der Waals surface area contributed by atoms with E-state index in [4.69, 9.17) is 5.11 Å². The Morgan fingerprint density at radius 3 is 2.60 bits per heavy atom. The molecule has 0 bridgehead atoms. The van der Waals surface area contributed by atoms with Gasteiger partial charge in [0.1, 0.15) is 10.8 Å². The molecule has 1 N–H and O–H groups in total. The summed E-state index contributed by atoms with van der Waals surface area (Å²) in [5.41, 5.74) is 1.59. The molecule has 1 aromatic carbocycles. The SMILES string of the molecule is CC(C)c1cc(SCC(=O)O)n(-c2ccc(F)cc2)n1. The van der Waals surface area contributed by atoms with Gasteiger partial charge in [0.2, 0.25) is 0 Å². The number of aromatic nitrogens is 2. The largest absolute Gasteiger partial charge is 0.481 e. The number of hydrogen-bond donors (Lipinski definition) is 1. The van der Waals surface area contributed by atoms with Crippen molar-refractivity contribution in [1.29, 1.82) is 0 Å². The highest BCUT2D eigenvalue weighted by Crippen LogP contribution is 2.26. The third-order valence-corrected chi connectivity index (χ3v) is 3.68. The number of aliphatic carboxylic acids is 1. The van der Waals surface area contributed by atoms with Crippen LogP contribution in [-0.4, -0.2) is 26.6 Å². The van der Waals surface area contributed by atoms with Crippen molar-refractivity contribution in [1.82, 2.24) is 9.78 Å². The summed E-state index contributed by atoms with van der Waals surface area (Å²) in [6.45, 7) is 4.03. The van der Waals surface area contributed by atoms with Gasteiger partial charge in [-0.3, -0.25) is 4.79 Å². The Hall–Kier alpha value is -1.82. The topological polar surface area (TPSA) is 55.1 Å². The van der Waals surface area contributed by atoms with Gasteiger partial charge >= 0.3 is 5.97 Å². The molecule has 1 aromatic heterocycles. The van der Waals surface area contributed by atoms with Crippen molar-refractivity contribution in [3.63, 3.8) is 0 Å². The maximum atomic E-state index is 13.0. The molecule has 2 rings (SSSR count). The Kier molecular flexibility index (Phi) is 4.44. The molecular formula is C14H15FN2O2S. The molecule has 0 aliphatic rings. The minimum absolute atomic E-state index is 0.0373. The van der Waals surface area contributed by atoms with E-state index < -0.39 is 5.97 Å². The van der Waals surface area contributed by atoms with Gasteiger partial charge < -0.3 is 5.11 Å².